The summed E-state index contributed by atoms with van der Waals surface area (Å²) in [6.45, 7) is 0. The standard InChI is InChI=1S/C7H14N2OS/c1-11-5-7(2-3-7)4-6(8)9-10/h10H,2-5H2,1H3,(H2,8,9). The molecule has 0 heterocycles. The van der Waals surface area contributed by atoms with Crippen molar-refractivity contribution in [2.45, 2.75) is 19.3 Å². The van der Waals surface area contributed by atoms with Crippen LogP contribution in [0.3, 0.4) is 0 Å². The largest absolute Gasteiger partial charge is 0.409 e. The Morgan fingerprint density at radius 3 is 2.73 bits per heavy atom. The molecule has 0 radical (unpaired) electrons. The Balaban J connectivity index is 2.35. The summed E-state index contributed by atoms with van der Waals surface area (Å²) in [5, 5.41) is 11.3. The lowest BCUT2D eigenvalue weighted by molar-refractivity contribution is 0.315. The van der Waals surface area contributed by atoms with Crippen LogP contribution >= 0.6 is 11.8 Å². The van der Waals surface area contributed by atoms with Crippen molar-refractivity contribution < 1.29 is 5.21 Å². The van der Waals surface area contributed by atoms with Crippen LogP contribution in [0.5, 0.6) is 0 Å². The monoisotopic (exact) mass is 174 g/mol. The number of nitrogens with two attached hydrogens (primary N) is 1. The molecule has 0 bridgehead atoms. The summed E-state index contributed by atoms with van der Waals surface area (Å²) >= 11 is 1.83. The van der Waals surface area contributed by atoms with E-state index < -0.39 is 0 Å². The first-order valence-electron chi connectivity index (χ1n) is 3.68. The first-order chi connectivity index (χ1) is 5.22. The minimum atomic E-state index is 0.371. The van der Waals surface area contributed by atoms with Crippen LogP contribution in [-0.2, 0) is 0 Å². The van der Waals surface area contributed by atoms with Crippen LogP contribution < -0.4 is 5.73 Å². The van der Waals surface area contributed by atoms with Gasteiger partial charge in [-0.05, 0) is 30.3 Å². The van der Waals surface area contributed by atoms with Gasteiger partial charge in [-0.15, -0.1) is 0 Å². The minimum Gasteiger partial charge on any atom is -0.409 e. The van der Waals surface area contributed by atoms with E-state index in [4.69, 9.17) is 10.9 Å². The van der Waals surface area contributed by atoms with Crippen LogP contribution in [0, 0.1) is 5.41 Å². The van der Waals surface area contributed by atoms with Gasteiger partial charge in [-0.2, -0.15) is 11.8 Å². The number of hydrogen-bond acceptors (Lipinski definition) is 3. The molecule has 0 amide bonds. The van der Waals surface area contributed by atoms with E-state index in [0.717, 1.165) is 12.2 Å². The van der Waals surface area contributed by atoms with Crippen molar-refractivity contribution in [3.63, 3.8) is 0 Å². The highest BCUT2D eigenvalue weighted by Crippen LogP contribution is 2.50. The van der Waals surface area contributed by atoms with Crippen molar-refractivity contribution in [1.29, 1.82) is 0 Å². The van der Waals surface area contributed by atoms with Crippen LogP contribution in [0.2, 0.25) is 0 Å². The highest BCUT2D eigenvalue weighted by molar-refractivity contribution is 7.98. The molecule has 4 heteroatoms. The van der Waals surface area contributed by atoms with Crippen LogP contribution in [-0.4, -0.2) is 23.1 Å². The van der Waals surface area contributed by atoms with Crippen molar-refractivity contribution in [2.24, 2.45) is 16.3 Å². The van der Waals surface area contributed by atoms with E-state index in [1.165, 1.54) is 12.8 Å². The van der Waals surface area contributed by atoms with E-state index in [1.807, 2.05) is 11.8 Å². The Bertz CT molecular complexity index is 166. The lowest BCUT2D eigenvalue weighted by atomic mass is 10.1. The molecule has 0 unspecified atom stereocenters. The summed E-state index contributed by atoms with van der Waals surface area (Å²) in [5.41, 5.74) is 5.79. The van der Waals surface area contributed by atoms with E-state index in [1.54, 1.807) is 0 Å². The zero-order chi connectivity index (χ0) is 8.32. The summed E-state index contributed by atoms with van der Waals surface area (Å²) in [4.78, 5) is 0. The molecular formula is C7H14N2OS. The second-order valence-corrected chi connectivity index (χ2v) is 4.07. The smallest absolute Gasteiger partial charge is 0.139 e. The van der Waals surface area contributed by atoms with Gasteiger partial charge >= 0.3 is 0 Å². The van der Waals surface area contributed by atoms with Gasteiger partial charge in [0, 0.05) is 6.42 Å². The Labute approximate surface area is 71.0 Å². The van der Waals surface area contributed by atoms with Gasteiger partial charge in [-0.3, -0.25) is 0 Å². The molecule has 0 atom stereocenters. The fourth-order valence-corrected chi connectivity index (χ4v) is 2.28. The summed E-state index contributed by atoms with van der Waals surface area (Å²) in [5.74, 6) is 1.50. The summed E-state index contributed by atoms with van der Waals surface area (Å²) in [7, 11) is 0. The number of thioether (sulfide) groups is 1. The first kappa shape index (κ1) is 8.71. The maximum absolute atomic E-state index is 8.35. The van der Waals surface area contributed by atoms with E-state index in [-0.39, 0.29) is 0 Å². The highest BCUT2D eigenvalue weighted by atomic mass is 32.2. The summed E-state index contributed by atoms with van der Waals surface area (Å²) in [6, 6.07) is 0. The Morgan fingerprint density at radius 2 is 2.36 bits per heavy atom. The third-order valence-electron chi connectivity index (χ3n) is 2.09. The maximum atomic E-state index is 8.35. The number of oxime groups is 1. The fourth-order valence-electron chi connectivity index (χ4n) is 1.27. The predicted octanol–water partition coefficient (Wildman–Crippen LogP) is 1.27. The van der Waals surface area contributed by atoms with E-state index in [0.29, 0.717) is 11.3 Å². The molecule has 0 spiro atoms. The van der Waals surface area contributed by atoms with Gasteiger partial charge in [-0.1, -0.05) is 5.16 Å². The maximum Gasteiger partial charge on any atom is 0.139 e. The van der Waals surface area contributed by atoms with Gasteiger partial charge < -0.3 is 10.9 Å². The van der Waals surface area contributed by atoms with E-state index >= 15 is 0 Å². The molecule has 0 aliphatic heterocycles. The summed E-state index contributed by atoms with van der Waals surface area (Å²) in [6.07, 6.45) is 5.30. The average molecular weight is 174 g/mol. The SMILES string of the molecule is CSCC1(C/C(N)=N/O)CC1. The molecule has 1 rings (SSSR count). The Hall–Kier alpha value is -0.380. The molecule has 0 aromatic carbocycles. The zero-order valence-corrected chi connectivity index (χ0v) is 7.52. The third kappa shape index (κ3) is 2.29. The van der Waals surface area contributed by atoms with Gasteiger partial charge in [0.05, 0.1) is 0 Å². The molecule has 0 saturated heterocycles. The van der Waals surface area contributed by atoms with Gasteiger partial charge in [0.1, 0.15) is 5.84 Å². The normalized spacial score (nSPS) is 21.7. The molecule has 0 aromatic rings. The lowest BCUT2D eigenvalue weighted by Gasteiger charge is -2.10. The third-order valence-corrected chi connectivity index (χ3v) is 2.99. The number of amidine groups is 1. The first-order valence-corrected chi connectivity index (χ1v) is 5.07. The molecule has 1 aliphatic rings. The van der Waals surface area contributed by atoms with Crippen molar-refractivity contribution in [1.82, 2.24) is 0 Å². The van der Waals surface area contributed by atoms with Gasteiger partial charge in [0.2, 0.25) is 0 Å². The second kappa shape index (κ2) is 3.34. The molecule has 3 nitrogen and oxygen atoms in total. The zero-order valence-electron chi connectivity index (χ0n) is 6.71. The van der Waals surface area contributed by atoms with Crippen LogP contribution in [0.25, 0.3) is 0 Å². The van der Waals surface area contributed by atoms with Gasteiger partial charge in [0.15, 0.2) is 0 Å². The van der Waals surface area contributed by atoms with E-state index in [2.05, 4.69) is 11.4 Å². The minimum absolute atomic E-state index is 0.371. The number of rotatable bonds is 4. The molecule has 64 valence electrons. The molecule has 1 fully saturated rings. The predicted molar refractivity (Wildman–Crippen MR) is 48.1 cm³/mol. The van der Waals surface area contributed by atoms with Crippen LogP contribution in [0.4, 0.5) is 0 Å². The molecular weight excluding hydrogens is 160 g/mol. The van der Waals surface area contributed by atoms with Crippen molar-refractivity contribution in [3.05, 3.63) is 0 Å². The van der Waals surface area contributed by atoms with Gasteiger partial charge in [0.25, 0.3) is 0 Å². The van der Waals surface area contributed by atoms with Crippen molar-refractivity contribution in [3.8, 4) is 0 Å². The molecule has 11 heavy (non-hydrogen) atoms. The quantitative estimate of drug-likeness (QED) is 0.292. The molecule has 3 N–H and O–H groups in total. The number of nitrogens with zero attached hydrogens (tertiary/aromatic N) is 1. The van der Waals surface area contributed by atoms with Crippen LogP contribution in [0.15, 0.2) is 5.16 Å². The van der Waals surface area contributed by atoms with E-state index in [9.17, 15) is 0 Å². The second-order valence-electron chi connectivity index (χ2n) is 3.20. The Kier molecular flexibility index (Phi) is 2.65. The van der Waals surface area contributed by atoms with Crippen molar-refractivity contribution >= 4 is 17.6 Å². The molecule has 0 aromatic heterocycles. The number of hydrogen-bond donors (Lipinski definition) is 2. The van der Waals surface area contributed by atoms with Crippen molar-refractivity contribution in [2.75, 3.05) is 12.0 Å². The Morgan fingerprint density at radius 1 is 1.73 bits per heavy atom. The molecule has 1 saturated carbocycles. The van der Waals surface area contributed by atoms with Crippen LogP contribution in [0.1, 0.15) is 19.3 Å². The lowest BCUT2D eigenvalue weighted by Crippen LogP contribution is -2.19. The average Bonchev–Trinajstić information content (AvgIpc) is 2.70. The summed E-state index contributed by atoms with van der Waals surface area (Å²) < 4.78 is 0. The highest BCUT2D eigenvalue weighted by Gasteiger charge is 2.42. The molecule has 1 aliphatic carbocycles. The van der Waals surface area contributed by atoms with Gasteiger partial charge in [-0.25, -0.2) is 0 Å². The fraction of sp³-hybridized carbons (Fsp3) is 0.857. The topological polar surface area (TPSA) is 58.6 Å².